The molecule has 1 unspecified atom stereocenters. The molecule has 4 rings (SSSR count). The number of hydrogen-bond donors (Lipinski definition) is 1. The Bertz CT molecular complexity index is 696. The Labute approximate surface area is 147 Å². The van der Waals surface area contributed by atoms with Gasteiger partial charge >= 0.3 is 0 Å². The monoisotopic (exact) mass is 340 g/mol. The molecule has 0 aromatic carbocycles. The Morgan fingerprint density at radius 2 is 2.08 bits per heavy atom. The zero-order valence-corrected chi connectivity index (χ0v) is 14.3. The van der Waals surface area contributed by atoms with Gasteiger partial charge in [-0.1, -0.05) is 6.07 Å². The summed E-state index contributed by atoms with van der Waals surface area (Å²) in [5.74, 6) is 1.64. The van der Waals surface area contributed by atoms with Gasteiger partial charge in [0.1, 0.15) is 5.82 Å². The van der Waals surface area contributed by atoms with E-state index in [0.717, 1.165) is 63.9 Å². The fourth-order valence-electron chi connectivity index (χ4n) is 3.50. The molecule has 2 aliphatic heterocycles. The molecule has 132 valence electrons. The number of hydrogen-bond acceptors (Lipinski definition) is 7. The summed E-state index contributed by atoms with van der Waals surface area (Å²) < 4.78 is 5.48. The van der Waals surface area contributed by atoms with Gasteiger partial charge in [-0.25, -0.2) is 4.98 Å². The minimum absolute atomic E-state index is 0.343. The zero-order chi connectivity index (χ0) is 17.1. The van der Waals surface area contributed by atoms with Crippen molar-refractivity contribution >= 4 is 11.8 Å². The highest BCUT2D eigenvalue weighted by Crippen LogP contribution is 2.27. The predicted molar refractivity (Wildman–Crippen MR) is 96.3 cm³/mol. The van der Waals surface area contributed by atoms with Crippen molar-refractivity contribution in [3.05, 3.63) is 41.9 Å². The second-order valence-corrected chi connectivity index (χ2v) is 6.69. The third-order valence-corrected chi connectivity index (χ3v) is 4.92. The third kappa shape index (κ3) is 3.88. The van der Waals surface area contributed by atoms with Crippen molar-refractivity contribution in [1.29, 1.82) is 0 Å². The lowest BCUT2D eigenvalue weighted by Gasteiger charge is -2.35. The van der Waals surface area contributed by atoms with Crippen molar-refractivity contribution < 1.29 is 4.74 Å². The summed E-state index contributed by atoms with van der Waals surface area (Å²) in [6.07, 6.45) is 4.76. The Hall–Kier alpha value is -2.25. The van der Waals surface area contributed by atoms with Crippen LogP contribution in [0.25, 0.3) is 0 Å². The van der Waals surface area contributed by atoms with Crippen LogP contribution in [0.4, 0.5) is 11.8 Å². The van der Waals surface area contributed by atoms with Gasteiger partial charge in [0.15, 0.2) is 0 Å². The van der Waals surface area contributed by atoms with E-state index in [2.05, 4.69) is 36.9 Å². The van der Waals surface area contributed by atoms with Crippen molar-refractivity contribution in [2.45, 2.75) is 18.9 Å². The average Bonchev–Trinajstić information content (AvgIpc) is 3.17. The molecular formula is C18H24N6O. The van der Waals surface area contributed by atoms with Crippen molar-refractivity contribution in [1.82, 2.24) is 19.9 Å². The maximum absolute atomic E-state index is 5.96. The number of anilines is 2. The van der Waals surface area contributed by atoms with Crippen LogP contribution in [-0.2, 0) is 11.3 Å². The second kappa shape index (κ2) is 7.33. The molecule has 2 aromatic heterocycles. The summed E-state index contributed by atoms with van der Waals surface area (Å²) >= 11 is 0. The van der Waals surface area contributed by atoms with Crippen LogP contribution < -0.4 is 10.6 Å². The SMILES string of the molecule is Nc1nc(C2CCOC2)cc(N2CCN(Cc3cccnc3)CC2)n1. The highest BCUT2D eigenvalue weighted by Gasteiger charge is 2.23. The van der Waals surface area contributed by atoms with E-state index in [-0.39, 0.29) is 0 Å². The van der Waals surface area contributed by atoms with Crippen LogP contribution in [0.1, 0.15) is 23.6 Å². The van der Waals surface area contributed by atoms with E-state index in [4.69, 9.17) is 10.5 Å². The fourth-order valence-corrected chi connectivity index (χ4v) is 3.50. The van der Waals surface area contributed by atoms with Gasteiger partial charge in [0.2, 0.25) is 5.95 Å². The highest BCUT2D eigenvalue weighted by atomic mass is 16.5. The van der Waals surface area contributed by atoms with Gasteiger partial charge in [-0.2, -0.15) is 4.98 Å². The average molecular weight is 340 g/mol. The summed E-state index contributed by atoms with van der Waals surface area (Å²) in [5.41, 5.74) is 8.22. The smallest absolute Gasteiger partial charge is 0.222 e. The first-order chi connectivity index (χ1) is 12.3. The minimum Gasteiger partial charge on any atom is -0.381 e. The third-order valence-electron chi connectivity index (χ3n) is 4.92. The van der Waals surface area contributed by atoms with Crippen LogP contribution in [0, 0.1) is 0 Å². The molecule has 0 saturated carbocycles. The van der Waals surface area contributed by atoms with E-state index in [9.17, 15) is 0 Å². The van der Waals surface area contributed by atoms with Gasteiger partial charge in [0, 0.05) is 63.7 Å². The molecule has 0 amide bonds. The molecular weight excluding hydrogens is 316 g/mol. The first-order valence-corrected chi connectivity index (χ1v) is 8.86. The summed E-state index contributed by atoms with van der Waals surface area (Å²) in [7, 11) is 0. The molecule has 2 saturated heterocycles. The Morgan fingerprint density at radius 3 is 2.80 bits per heavy atom. The second-order valence-electron chi connectivity index (χ2n) is 6.69. The molecule has 2 N–H and O–H groups in total. The first-order valence-electron chi connectivity index (χ1n) is 8.86. The quantitative estimate of drug-likeness (QED) is 0.898. The molecule has 7 nitrogen and oxygen atoms in total. The maximum atomic E-state index is 5.96. The fraction of sp³-hybridized carbons (Fsp3) is 0.500. The van der Waals surface area contributed by atoms with Crippen LogP contribution in [0.5, 0.6) is 0 Å². The van der Waals surface area contributed by atoms with Gasteiger partial charge in [-0.3, -0.25) is 9.88 Å². The molecule has 2 aromatic rings. The van der Waals surface area contributed by atoms with Crippen LogP contribution >= 0.6 is 0 Å². The number of nitrogens with zero attached hydrogens (tertiary/aromatic N) is 5. The van der Waals surface area contributed by atoms with Gasteiger partial charge < -0.3 is 15.4 Å². The lowest BCUT2D eigenvalue weighted by atomic mass is 10.0. The normalized spacial score (nSPS) is 21.6. The van der Waals surface area contributed by atoms with E-state index in [1.807, 2.05) is 18.5 Å². The largest absolute Gasteiger partial charge is 0.381 e. The van der Waals surface area contributed by atoms with Gasteiger partial charge in [0.25, 0.3) is 0 Å². The number of pyridine rings is 1. The number of ether oxygens (including phenoxy) is 1. The van der Waals surface area contributed by atoms with E-state index >= 15 is 0 Å². The standard InChI is InChI=1S/C18H24N6O/c19-18-21-16(15-3-9-25-13-15)10-17(22-18)24-7-5-23(6-8-24)12-14-2-1-4-20-11-14/h1-2,4,10-11,15H,3,5-9,12-13H2,(H2,19,21,22). The van der Waals surface area contributed by atoms with Crippen molar-refractivity contribution in [2.24, 2.45) is 0 Å². The number of rotatable bonds is 4. The molecule has 0 bridgehead atoms. The Balaban J connectivity index is 1.40. The predicted octanol–water partition coefficient (Wildman–Crippen LogP) is 1.28. The van der Waals surface area contributed by atoms with E-state index in [1.165, 1.54) is 5.56 Å². The zero-order valence-electron chi connectivity index (χ0n) is 14.3. The molecule has 1 atom stereocenters. The van der Waals surface area contributed by atoms with E-state index in [1.54, 1.807) is 0 Å². The number of nitrogen functional groups attached to an aromatic ring is 1. The summed E-state index contributed by atoms with van der Waals surface area (Å²) in [5, 5.41) is 0. The molecule has 25 heavy (non-hydrogen) atoms. The topological polar surface area (TPSA) is 80.4 Å². The molecule has 2 fully saturated rings. The van der Waals surface area contributed by atoms with Crippen molar-refractivity contribution in [3.8, 4) is 0 Å². The lowest BCUT2D eigenvalue weighted by molar-refractivity contribution is 0.193. The molecule has 4 heterocycles. The van der Waals surface area contributed by atoms with Gasteiger partial charge in [0.05, 0.1) is 12.3 Å². The highest BCUT2D eigenvalue weighted by molar-refractivity contribution is 5.45. The van der Waals surface area contributed by atoms with E-state index in [0.29, 0.717) is 11.9 Å². The van der Waals surface area contributed by atoms with Crippen LogP contribution in [0.15, 0.2) is 30.6 Å². The van der Waals surface area contributed by atoms with Crippen LogP contribution in [0.2, 0.25) is 0 Å². The number of aromatic nitrogens is 3. The Kier molecular flexibility index (Phi) is 4.76. The summed E-state index contributed by atoms with van der Waals surface area (Å²) in [4.78, 5) is 17.8. The molecule has 0 spiro atoms. The summed E-state index contributed by atoms with van der Waals surface area (Å²) in [6, 6.07) is 6.20. The van der Waals surface area contributed by atoms with Crippen LogP contribution in [-0.4, -0.2) is 59.2 Å². The van der Waals surface area contributed by atoms with E-state index < -0.39 is 0 Å². The van der Waals surface area contributed by atoms with Gasteiger partial charge in [-0.15, -0.1) is 0 Å². The lowest BCUT2D eigenvalue weighted by Crippen LogP contribution is -2.46. The van der Waals surface area contributed by atoms with Crippen LogP contribution in [0.3, 0.4) is 0 Å². The molecule has 0 radical (unpaired) electrons. The number of piperazine rings is 1. The molecule has 2 aliphatic rings. The minimum atomic E-state index is 0.343. The molecule has 0 aliphatic carbocycles. The van der Waals surface area contributed by atoms with Crippen molar-refractivity contribution in [2.75, 3.05) is 50.0 Å². The first kappa shape index (κ1) is 16.2. The Morgan fingerprint density at radius 1 is 1.20 bits per heavy atom. The summed E-state index contributed by atoms with van der Waals surface area (Å²) in [6.45, 7) is 6.36. The number of nitrogens with two attached hydrogens (primary N) is 1. The van der Waals surface area contributed by atoms with Crippen molar-refractivity contribution in [3.63, 3.8) is 0 Å². The van der Waals surface area contributed by atoms with Gasteiger partial charge in [-0.05, 0) is 18.1 Å². The maximum Gasteiger partial charge on any atom is 0.222 e. The molecule has 7 heteroatoms.